The van der Waals surface area contributed by atoms with Crippen molar-refractivity contribution in [3.05, 3.63) is 35.9 Å². The Morgan fingerprint density at radius 2 is 1.62 bits per heavy atom. The van der Waals surface area contributed by atoms with Gasteiger partial charge in [-0.15, -0.1) is 0 Å². The summed E-state index contributed by atoms with van der Waals surface area (Å²) in [6.07, 6.45) is 2.42. The second kappa shape index (κ2) is 5.74. The van der Waals surface area contributed by atoms with E-state index in [0.29, 0.717) is 5.92 Å². The third-order valence-electron chi connectivity index (χ3n) is 2.49. The Labute approximate surface area is 99.1 Å². The predicted molar refractivity (Wildman–Crippen MR) is 70.7 cm³/mol. The van der Waals surface area contributed by atoms with Gasteiger partial charge in [-0.05, 0) is 50.0 Å². The lowest BCUT2D eigenvalue weighted by Crippen LogP contribution is -2.05. The van der Waals surface area contributed by atoms with Crippen LogP contribution in [0.4, 0.5) is 0 Å². The standard InChI is InChI=1S/C15H22O/c1-6-15(11(2)3)13-7-9-14(10-8-13)16-12(4)5/h6-12H,1-5H3. The smallest absolute Gasteiger partial charge is 0.119 e. The number of benzene rings is 1. The normalized spacial score (nSPS) is 12.3. The van der Waals surface area contributed by atoms with Crippen molar-refractivity contribution >= 4 is 5.57 Å². The number of ether oxygens (including phenoxy) is 1. The summed E-state index contributed by atoms with van der Waals surface area (Å²) in [7, 11) is 0. The summed E-state index contributed by atoms with van der Waals surface area (Å²) in [5.41, 5.74) is 2.67. The van der Waals surface area contributed by atoms with Crippen molar-refractivity contribution in [2.45, 2.75) is 40.7 Å². The fraction of sp³-hybridized carbons (Fsp3) is 0.467. The lowest BCUT2D eigenvalue weighted by molar-refractivity contribution is 0.242. The van der Waals surface area contributed by atoms with Gasteiger partial charge in [0.25, 0.3) is 0 Å². The number of rotatable bonds is 4. The largest absolute Gasteiger partial charge is 0.491 e. The van der Waals surface area contributed by atoms with Crippen LogP contribution in [0.25, 0.3) is 5.57 Å². The van der Waals surface area contributed by atoms with E-state index in [9.17, 15) is 0 Å². The highest BCUT2D eigenvalue weighted by Crippen LogP contribution is 2.25. The van der Waals surface area contributed by atoms with Crippen LogP contribution in [0.5, 0.6) is 5.75 Å². The van der Waals surface area contributed by atoms with E-state index < -0.39 is 0 Å². The van der Waals surface area contributed by atoms with Crippen LogP contribution in [-0.2, 0) is 0 Å². The third-order valence-corrected chi connectivity index (χ3v) is 2.49. The van der Waals surface area contributed by atoms with E-state index in [2.05, 4.69) is 39.0 Å². The van der Waals surface area contributed by atoms with Gasteiger partial charge in [0, 0.05) is 0 Å². The van der Waals surface area contributed by atoms with Crippen molar-refractivity contribution in [1.29, 1.82) is 0 Å². The van der Waals surface area contributed by atoms with Crippen LogP contribution in [0.3, 0.4) is 0 Å². The summed E-state index contributed by atoms with van der Waals surface area (Å²) in [6.45, 7) is 10.6. The molecule has 1 nitrogen and oxygen atoms in total. The quantitative estimate of drug-likeness (QED) is 0.721. The zero-order chi connectivity index (χ0) is 12.1. The summed E-state index contributed by atoms with van der Waals surface area (Å²) in [6, 6.07) is 8.35. The summed E-state index contributed by atoms with van der Waals surface area (Å²) in [5.74, 6) is 1.50. The van der Waals surface area contributed by atoms with Crippen LogP contribution in [-0.4, -0.2) is 6.10 Å². The molecule has 0 unspecified atom stereocenters. The Balaban J connectivity index is 2.86. The molecule has 16 heavy (non-hydrogen) atoms. The third kappa shape index (κ3) is 3.41. The highest BCUT2D eigenvalue weighted by atomic mass is 16.5. The van der Waals surface area contributed by atoms with Crippen molar-refractivity contribution < 1.29 is 4.74 Å². The van der Waals surface area contributed by atoms with Crippen molar-refractivity contribution in [1.82, 2.24) is 0 Å². The fourth-order valence-electron chi connectivity index (χ4n) is 1.83. The van der Waals surface area contributed by atoms with Crippen LogP contribution < -0.4 is 4.74 Å². The van der Waals surface area contributed by atoms with Crippen molar-refractivity contribution in [2.75, 3.05) is 0 Å². The molecule has 1 heteroatoms. The zero-order valence-corrected chi connectivity index (χ0v) is 10.9. The first-order chi connectivity index (χ1) is 7.54. The summed E-state index contributed by atoms with van der Waals surface area (Å²) in [5, 5.41) is 0. The molecule has 0 aromatic heterocycles. The molecule has 1 aromatic rings. The molecule has 0 radical (unpaired) electrons. The maximum Gasteiger partial charge on any atom is 0.119 e. The van der Waals surface area contributed by atoms with E-state index >= 15 is 0 Å². The molecule has 0 aliphatic rings. The SMILES string of the molecule is CC=C(c1ccc(OC(C)C)cc1)C(C)C. The Bertz CT molecular complexity index is 344. The Morgan fingerprint density at radius 3 is 2.00 bits per heavy atom. The van der Waals surface area contributed by atoms with Gasteiger partial charge >= 0.3 is 0 Å². The van der Waals surface area contributed by atoms with E-state index in [4.69, 9.17) is 4.74 Å². The van der Waals surface area contributed by atoms with Gasteiger partial charge in [-0.1, -0.05) is 32.1 Å². The number of allylic oxidation sites excluding steroid dienone is 2. The van der Waals surface area contributed by atoms with E-state index in [1.54, 1.807) is 0 Å². The van der Waals surface area contributed by atoms with Crippen molar-refractivity contribution in [2.24, 2.45) is 5.92 Å². The molecule has 0 bridgehead atoms. The number of hydrogen-bond acceptors (Lipinski definition) is 1. The Kier molecular flexibility index (Phi) is 4.60. The minimum atomic E-state index is 0.233. The molecule has 1 rings (SSSR count). The maximum atomic E-state index is 5.62. The van der Waals surface area contributed by atoms with Gasteiger partial charge in [-0.3, -0.25) is 0 Å². The topological polar surface area (TPSA) is 9.23 Å². The average molecular weight is 218 g/mol. The second-order valence-corrected chi connectivity index (χ2v) is 4.59. The van der Waals surface area contributed by atoms with Crippen LogP contribution in [0.2, 0.25) is 0 Å². The van der Waals surface area contributed by atoms with Gasteiger partial charge < -0.3 is 4.74 Å². The molecule has 0 saturated heterocycles. The molecule has 0 saturated carbocycles. The van der Waals surface area contributed by atoms with Crippen LogP contribution in [0.15, 0.2) is 30.3 Å². The first-order valence-corrected chi connectivity index (χ1v) is 5.98. The molecule has 0 amide bonds. The van der Waals surface area contributed by atoms with Gasteiger partial charge in [-0.2, -0.15) is 0 Å². The first-order valence-electron chi connectivity index (χ1n) is 5.98. The summed E-state index contributed by atoms with van der Waals surface area (Å²) >= 11 is 0. The van der Waals surface area contributed by atoms with E-state index in [-0.39, 0.29) is 6.10 Å². The molecule has 0 spiro atoms. The molecular formula is C15H22O. The van der Waals surface area contributed by atoms with Gasteiger partial charge in [0.15, 0.2) is 0 Å². The molecular weight excluding hydrogens is 196 g/mol. The van der Waals surface area contributed by atoms with Crippen molar-refractivity contribution in [3.8, 4) is 5.75 Å². The molecule has 1 aromatic carbocycles. The van der Waals surface area contributed by atoms with Gasteiger partial charge in [0.1, 0.15) is 5.75 Å². The van der Waals surface area contributed by atoms with E-state index in [1.807, 2.05) is 26.0 Å². The highest BCUT2D eigenvalue weighted by Gasteiger charge is 2.05. The lowest BCUT2D eigenvalue weighted by Gasteiger charge is -2.13. The Morgan fingerprint density at radius 1 is 1.06 bits per heavy atom. The minimum Gasteiger partial charge on any atom is -0.491 e. The predicted octanol–water partition coefficient (Wildman–Crippen LogP) is 4.53. The van der Waals surface area contributed by atoms with E-state index in [0.717, 1.165) is 5.75 Å². The summed E-state index contributed by atoms with van der Waals surface area (Å²) < 4.78 is 5.62. The molecule has 0 atom stereocenters. The van der Waals surface area contributed by atoms with Crippen LogP contribution in [0, 0.1) is 5.92 Å². The lowest BCUT2D eigenvalue weighted by atomic mass is 9.95. The van der Waals surface area contributed by atoms with Crippen molar-refractivity contribution in [3.63, 3.8) is 0 Å². The maximum absolute atomic E-state index is 5.62. The molecule has 0 aliphatic heterocycles. The highest BCUT2D eigenvalue weighted by molar-refractivity contribution is 5.67. The molecule has 0 fully saturated rings. The molecule has 0 heterocycles. The first kappa shape index (κ1) is 12.8. The van der Waals surface area contributed by atoms with Gasteiger partial charge in [0.05, 0.1) is 6.10 Å². The molecule has 0 aliphatic carbocycles. The average Bonchev–Trinajstić information content (AvgIpc) is 2.20. The minimum absolute atomic E-state index is 0.233. The number of hydrogen-bond donors (Lipinski definition) is 0. The fourth-order valence-corrected chi connectivity index (χ4v) is 1.83. The van der Waals surface area contributed by atoms with Gasteiger partial charge in [-0.25, -0.2) is 0 Å². The Hall–Kier alpha value is -1.24. The van der Waals surface area contributed by atoms with Gasteiger partial charge in [0.2, 0.25) is 0 Å². The monoisotopic (exact) mass is 218 g/mol. The molecule has 0 N–H and O–H groups in total. The van der Waals surface area contributed by atoms with Crippen LogP contribution in [0.1, 0.15) is 40.2 Å². The zero-order valence-electron chi connectivity index (χ0n) is 10.9. The second-order valence-electron chi connectivity index (χ2n) is 4.59. The van der Waals surface area contributed by atoms with E-state index in [1.165, 1.54) is 11.1 Å². The summed E-state index contributed by atoms with van der Waals surface area (Å²) in [4.78, 5) is 0. The molecule has 88 valence electrons. The van der Waals surface area contributed by atoms with Crippen LogP contribution >= 0.6 is 0 Å².